The van der Waals surface area contributed by atoms with E-state index in [9.17, 15) is 18.9 Å². The largest absolute Gasteiger partial charge is 0.418 e. The summed E-state index contributed by atoms with van der Waals surface area (Å²) >= 11 is 0. The lowest BCUT2D eigenvalue weighted by atomic mass is 10.1. The third-order valence-corrected chi connectivity index (χ3v) is 7.09. The lowest BCUT2D eigenvalue weighted by Gasteiger charge is -2.21. The molecule has 0 saturated carbocycles. The van der Waals surface area contributed by atoms with E-state index in [-0.39, 0.29) is 26.2 Å². The maximum absolute atomic E-state index is 13.2. The van der Waals surface area contributed by atoms with Gasteiger partial charge >= 0.3 is 18.9 Å². The molecule has 3 rings (SSSR count). The molecule has 1 aromatic heterocycles. The summed E-state index contributed by atoms with van der Waals surface area (Å²) in [6.07, 6.45) is 0.187. The smallest absolute Gasteiger partial charge is 0.352 e. The second kappa shape index (κ2) is 12.0. The lowest BCUT2D eigenvalue weighted by molar-refractivity contribution is -0.0243. The Balaban J connectivity index is 1.67. The summed E-state index contributed by atoms with van der Waals surface area (Å²) in [5.74, 6) is 0. The molecule has 35 heavy (non-hydrogen) atoms. The minimum absolute atomic E-state index is 0.0383. The Hall–Kier alpha value is -3.21. The van der Waals surface area contributed by atoms with E-state index in [2.05, 4.69) is 20.3 Å². The number of aromatic nitrogens is 2. The fraction of sp³-hybridized carbons (Fsp3) is 0.476. The average Bonchev–Trinajstić information content (AvgIpc) is 3.23. The highest BCUT2D eigenvalue weighted by Crippen LogP contribution is 2.49. The number of aryl methyl sites for hydroxylation is 1. The van der Waals surface area contributed by atoms with E-state index in [4.69, 9.17) is 19.3 Å². The number of carbonyl (C=O) groups is 1. The number of benzene rings is 1. The molecule has 0 spiro atoms. The van der Waals surface area contributed by atoms with Crippen LogP contribution in [0.25, 0.3) is 10.4 Å². The van der Waals surface area contributed by atoms with Crippen molar-refractivity contribution in [2.45, 2.75) is 45.1 Å². The Kier molecular flexibility index (Phi) is 9.02. The first-order valence-electron chi connectivity index (χ1n) is 11.0. The summed E-state index contributed by atoms with van der Waals surface area (Å²) in [7, 11) is -4.23. The second-order valence-corrected chi connectivity index (χ2v) is 9.71. The van der Waals surface area contributed by atoms with Gasteiger partial charge in [-0.1, -0.05) is 35.4 Å². The van der Waals surface area contributed by atoms with Crippen LogP contribution in [0.3, 0.4) is 0 Å². The molecule has 1 aromatic carbocycles. The van der Waals surface area contributed by atoms with Gasteiger partial charge in [0.15, 0.2) is 0 Å². The van der Waals surface area contributed by atoms with E-state index in [0.717, 1.165) is 5.56 Å². The molecule has 1 fully saturated rings. The number of nitrogens with one attached hydrogen (secondary N) is 2. The summed E-state index contributed by atoms with van der Waals surface area (Å²) in [5.41, 5.74) is 8.12. The van der Waals surface area contributed by atoms with Gasteiger partial charge in [-0.2, -0.15) is 0 Å². The molecule has 2 N–H and O–H groups in total. The van der Waals surface area contributed by atoms with Gasteiger partial charge in [0, 0.05) is 29.6 Å². The first-order chi connectivity index (χ1) is 16.8. The highest BCUT2D eigenvalue weighted by molar-refractivity contribution is 7.71. The predicted molar refractivity (Wildman–Crippen MR) is 126 cm³/mol. The Morgan fingerprint density at radius 2 is 2.09 bits per heavy atom. The fourth-order valence-electron chi connectivity index (χ4n) is 3.58. The van der Waals surface area contributed by atoms with Crippen molar-refractivity contribution < 1.29 is 23.1 Å². The fourth-order valence-corrected chi connectivity index (χ4v) is 4.87. The van der Waals surface area contributed by atoms with Gasteiger partial charge in [-0.3, -0.25) is 23.7 Å². The van der Waals surface area contributed by atoms with Crippen molar-refractivity contribution in [1.29, 1.82) is 0 Å². The van der Waals surface area contributed by atoms with Crippen LogP contribution in [0.4, 0.5) is 4.79 Å². The molecule has 1 amide bonds. The molecule has 1 aliphatic rings. The van der Waals surface area contributed by atoms with Crippen LogP contribution in [-0.4, -0.2) is 47.1 Å². The summed E-state index contributed by atoms with van der Waals surface area (Å²) in [5, 5.41) is 6.25. The maximum Gasteiger partial charge on any atom is 0.418 e. The van der Waals surface area contributed by atoms with Crippen LogP contribution in [0.5, 0.6) is 0 Å². The van der Waals surface area contributed by atoms with Gasteiger partial charge in [-0.25, -0.2) is 9.36 Å². The van der Waals surface area contributed by atoms with Crippen LogP contribution < -0.4 is 16.6 Å². The molecule has 188 valence electrons. The normalized spacial score (nSPS) is 21.1. The molecule has 2 heterocycles. The molecule has 14 heteroatoms. The van der Waals surface area contributed by atoms with Crippen molar-refractivity contribution >= 4 is 13.2 Å². The standard InChI is InChI=1S/C21H27N6O7P/c1-3-32-35(31,21(30)23-10-9-15-7-5-4-6-8-15)33-13-17-16(25-26-22)11-18(34-17)27-12-14(2)19(28)24-20(27)29/h4-8,12,16-18H,3,9-11,13H2,1-2H3,(H,23,30)(H,24,28,29). The van der Waals surface area contributed by atoms with Crippen LogP contribution in [0.2, 0.25) is 0 Å². The van der Waals surface area contributed by atoms with Crippen LogP contribution in [0, 0.1) is 6.92 Å². The topological polar surface area (TPSA) is 177 Å². The summed E-state index contributed by atoms with van der Waals surface area (Å²) in [6, 6.07) is 8.67. The van der Waals surface area contributed by atoms with Crippen LogP contribution in [0.15, 0.2) is 51.2 Å². The minimum atomic E-state index is -4.23. The number of H-pyrrole nitrogens is 1. The molecule has 1 aliphatic heterocycles. The van der Waals surface area contributed by atoms with E-state index >= 15 is 0 Å². The van der Waals surface area contributed by atoms with Crippen molar-refractivity contribution in [2.24, 2.45) is 5.11 Å². The zero-order valence-corrected chi connectivity index (χ0v) is 20.2. The molecule has 0 bridgehead atoms. The number of hydrogen-bond acceptors (Lipinski definition) is 8. The van der Waals surface area contributed by atoms with E-state index in [1.165, 1.54) is 17.7 Å². The highest BCUT2D eigenvalue weighted by Gasteiger charge is 2.41. The van der Waals surface area contributed by atoms with E-state index in [0.29, 0.717) is 12.0 Å². The monoisotopic (exact) mass is 506 g/mol. The first-order valence-corrected chi connectivity index (χ1v) is 12.5. The Morgan fingerprint density at radius 3 is 2.77 bits per heavy atom. The van der Waals surface area contributed by atoms with Gasteiger partial charge in [0.2, 0.25) is 0 Å². The van der Waals surface area contributed by atoms with Gasteiger partial charge in [0.1, 0.15) is 6.23 Å². The number of aromatic amines is 1. The molecule has 2 aromatic rings. The van der Waals surface area contributed by atoms with Crippen molar-refractivity contribution in [3.8, 4) is 0 Å². The third kappa shape index (κ3) is 6.68. The number of amides is 1. The maximum atomic E-state index is 13.2. The number of carbonyl (C=O) groups excluding carboxylic acids is 1. The second-order valence-electron chi connectivity index (χ2n) is 7.79. The van der Waals surface area contributed by atoms with Gasteiger partial charge in [0.05, 0.1) is 25.4 Å². The zero-order valence-electron chi connectivity index (χ0n) is 19.3. The van der Waals surface area contributed by atoms with Crippen molar-refractivity contribution in [3.05, 3.63) is 78.9 Å². The van der Waals surface area contributed by atoms with E-state index in [1.807, 2.05) is 30.3 Å². The number of azide groups is 1. The summed E-state index contributed by atoms with van der Waals surface area (Å²) in [6.45, 7) is 2.90. The Morgan fingerprint density at radius 1 is 1.34 bits per heavy atom. The number of ether oxygens (including phenoxy) is 1. The number of nitrogens with zero attached hydrogens (tertiary/aromatic N) is 4. The third-order valence-electron chi connectivity index (χ3n) is 5.35. The van der Waals surface area contributed by atoms with Crippen LogP contribution in [0.1, 0.15) is 30.7 Å². The summed E-state index contributed by atoms with van der Waals surface area (Å²) in [4.78, 5) is 41.5. The quantitative estimate of drug-likeness (QED) is 0.203. The molecular weight excluding hydrogens is 479 g/mol. The summed E-state index contributed by atoms with van der Waals surface area (Å²) < 4.78 is 30.7. The molecule has 13 nitrogen and oxygen atoms in total. The Bertz CT molecular complexity index is 1240. The van der Waals surface area contributed by atoms with Gasteiger partial charge < -0.3 is 14.6 Å². The minimum Gasteiger partial charge on any atom is -0.352 e. The average molecular weight is 506 g/mol. The van der Waals surface area contributed by atoms with Crippen molar-refractivity contribution in [2.75, 3.05) is 19.8 Å². The van der Waals surface area contributed by atoms with E-state index in [1.54, 1.807) is 6.92 Å². The Labute approximate surface area is 200 Å². The molecular formula is C21H27N6O7P. The van der Waals surface area contributed by atoms with E-state index < -0.39 is 42.9 Å². The number of rotatable bonds is 11. The molecule has 0 radical (unpaired) electrons. The van der Waals surface area contributed by atoms with Crippen molar-refractivity contribution in [3.63, 3.8) is 0 Å². The molecule has 0 aliphatic carbocycles. The zero-order chi connectivity index (χ0) is 25.4. The predicted octanol–water partition coefficient (Wildman–Crippen LogP) is 3.01. The SMILES string of the molecule is CCOP(=O)(OCC1OC(n2cc(C)c(=O)[nH]c2=O)CC1N=[N+]=[N-])C(=O)NCCc1ccccc1. The number of hydrogen-bond donors (Lipinski definition) is 2. The highest BCUT2D eigenvalue weighted by atomic mass is 31.2. The molecule has 1 saturated heterocycles. The molecule has 4 unspecified atom stereocenters. The first kappa shape index (κ1) is 26.4. The van der Waals surface area contributed by atoms with Crippen LogP contribution >= 0.6 is 7.60 Å². The van der Waals surface area contributed by atoms with Crippen molar-refractivity contribution in [1.82, 2.24) is 14.9 Å². The van der Waals surface area contributed by atoms with Gasteiger partial charge in [0.25, 0.3) is 5.56 Å². The van der Waals surface area contributed by atoms with Gasteiger partial charge in [-0.05, 0) is 31.4 Å². The van der Waals surface area contributed by atoms with Gasteiger partial charge in [-0.15, -0.1) is 0 Å². The molecule has 4 atom stereocenters. The lowest BCUT2D eigenvalue weighted by Crippen LogP contribution is -2.33. The van der Waals surface area contributed by atoms with Crippen LogP contribution in [-0.2, 0) is 24.8 Å².